The molecule has 0 saturated carbocycles. The Morgan fingerprint density at radius 1 is 0.833 bits per heavy atom. The number of hydrogen-bond acceptors (Lipinski definition) is 5. The first kappa shape index (κ1) is 16.6. The summed E-state index contributed by atoms with van der Waals surface area (Å²) in [5.74, 6) is 1.39. The first-order valence-electron chi connectivity index (χ1n) is 7.14. The second-order valence-electron chi connectivity index (χ2n) is 5.08. The van der Waals surface area contributed by atoms with Crippen molar-refractivity contribution in [1.29, 1.82) is 15.8 Å². The van der Waals surface area contributed by atoms with Gasteiger partial charge in [-0.05, 0) is 61.4 Å². The Bertz CT molecular complexity index is 890. The summed E-state index contributed by atoms with van der Waals surface area (Å²) in [6.45, 7) is 4.06. The zero-order valence-corrected chi connectivity index (χ0v) is 13.3. The van der Waals surface area contributed by atoms with Crippen molar-refractivity contribution in [2.45, 2.75) is 13.8 Å². The lowest BCUT2D eigenvalue weighted by molar-refractivity contribution is 0.482. The molecule has 0 amide bonds. The van der Waals surface area contributed by atoms with Gasteiger partial charge < -0.3 is 10.1 Å². The van der Waals surface area contributed by atoms with E-state index in [0.29, 0.717) is 11.4 Å². The molecule has 0 fully saturated rings. The molecule has 0 heterocycles. The molecule has 0 aromatic heterocycles. The number of nitriles is 3. The molecular formula is C19H14N4O. The highest BCUT2D eigenvalue weighted by Gasteiger charge is 2.06. The van der Waals surface area contributed by atoms with Gasteiger partial charge in [0, 0.05) is 5.69 Å². The molecule has 24 heavy (non-hydrogen) atoms. The van der Waals surface area contributed by atoms with E-state index in [-0.39, 0.29) is 11.3 Å². The van der Waals surface area contributed by atoms with Crippen LogP contribution in [0.3, 0.4) is 0 Å². The van der Waals surface area contributed by atoms with Gasteiger partial charge in [0.25, 0.3) is 0 Å². The second kappa shape index (κ2) is 7.49. The first-order valence-corrected chi connectivity index (χ1v) is 7.14. The van der Waals surface area contributed by atoms with Gasteiger partial charge >= 0.3 is 0 Å². The van der Waals surface area contributed by atoms with Crippen LogP contribution in [0.2, 0.25) is 0 Å². The third kappa shape index (κ3) is 3.91. The molecule has 0 spiro atoms. The third-order valence-electron chi connectivity index (χ3n) is 3.42. The van der Waals surface area contributed by atoms with Crippen LogP contribution in [0.15, 0.2) is 53.7 Å². The largest absolute Gasteiger partial charge is 0.457 e. The first-order chi connectivity index (χ1) is 11.6. The van der Waals surface area contributed by atoms with E-state index in [2.05, 4.69) is 5.32 Å². The van der Waals surface area contributed by atoms with Crippen molar-refractivity contribution in [3.63, 3.8) is 0 Å². The average Bonchev–Trinajstić information content (AvgIpc) is 2.60. The van der Waals surface area contributed by atoms with E-state index < -0.39 is 0 Å². The summed E-state index contributed by atoms with van der Waals surface area (Å²) in [6, 6.07) is 17.9. The number of benzene rings is 2. The van der Waals surface area contributed by atoms with Gasteiger partial charge in [-0.3, -0.25) is 0 Å². The number of nitrogens with one attached hydrogen (secondary N) is 1. The lowest BCUT2D eigenvalue weighted by Crippen LogP contribution is -2.00. The molecule has 116 valence electrons. The molecule has 0 saturated heterocycles. The second-order valence-corrected chi connectivity index (χ2v) is 5.08. The van der Waals surface area contributed by atoms with Crippen LogP contribution in [0.25, 0.3) is 0 Å². The molecule has 0 unspecified atom stereocenters. The van der Waals surface area contributed by atoms with Gasteiger partial charge in [-0.1, -0.05) is 6.07 Å². The Hall–Kier alpha value is -3.75. The fourth-order valence-corrected chi connectivity index (χ4v) is 1.95. The van der Waals surface area contributed by atoms with Gasteiger partial charge in [-0.2, -0.15) is 15.8 Å². The van der Waals surface area contributed by atoms with E-state index in [4.69, 9.17) is 20.5 Å². The Morgan fingerprint density at radius 2 is 1.46 bits per heavy atom. The van der Waals surface area contributed by atoms with Gasteiger partial charge in [0.15, 0.2) is 5.57 Å². The van der Waals surface area contributed by atoms with Crippen LogP contribution >= 0.6 is 0 Å². The molecule has 1 N–H and O–H groups in total. The Labute approximate surface area is 140 Å². The van der Waals surface area contributed by atoms with Crippen molar-refractivity contribution >= 4 is 5.69 Å². The molecular weight excluding hydrogens is 300 g/mol. The topological polar surface area (TPSA) is 92.6 Å². The summed E-state index contributed by atoms with van der Waals surface area (Å²) >= 11 is 0. The zero-order valence-electron chi connectivity index (χ0n) is 13.3. The fourth-order valence-electron chi connectivity index (χ4n) is 1.95. The van der Waals surface area contributed by atoms with Crippen molar-refractivity contribution in [2.24, 2.45) is 0 Å². The summed E-state index contributed by atoms with van der Waals surface area (Å²) in [7, 11) is 0. The van der Waals surface area contributed by atoms with Crippen LogP contribution in [0, 0.1) is 47.8 Å². The minimum atomic E-state index is -0.257. The maximum Gasteiger partial charge on any atom is 0.163 e. The van der Waals surface area contributed by atoms with Gasteiger partial charge in [0.05, 0.1) is 0 Å². The quantitative estimate of drug-likeness (QED) is 0.848. The van der Waals surface area contributed by atoms with E-state index in [9.17, 15) is 0 Å². The number of nitrogens with zero attached hydrogens (tertiary/aromatic N) is 3. The normalized spacial score (nSPS) is 9.12. The molecule has 0 radical (unpaired) electrons. The van der Waals surface area contributed by atoms with Crippen LogP contribution in [-0.2, 0) is 0 Å². The monoisotopic (exact) mass is 314 g/mol. The van der Waals surface area contributed by atoms with E-state index >= 15 is 0 Å². The molecule has 0 aliphatic rings. The summed E-state index contributed by atoms with van der Waals surface area (Å²) < 4.78 is 5.78. The van der Waals surface area contributed by atoms with E-state index in [1.54, 1.807) is 36.4 Å². The van der Waals surface area contributed by atoms with Crippen molar-refractivity contribution in [3.05, 3.63) is 64.9 Å². The SMILES string of the molecule is Cc1ccc(Oc2ccc(NC(C#N)=C(C#N)C#N)cc2)cc1C. The zero-order chi connectivity index (χ0) is 17.5. The van der Waals surface area contributed by atoms with Gasteiger partial charge in [0.1, 0.15) is 35.4 Å². The van der Waals surface area contributed by atoms with Crippen molar-refractivity contribution in [2.75, 3.05) is 5.32 Å². The molecule has 0 bridgehead atoms. The van der Waals surface area contributed by atoms with E-state index in [1.165, 1.54) is 5.56 Å². The van der Waals surface area contributed by atoms with Crippen LogP contribution in [-0.4, -0.2) is 0 Å². The number of aryl methyl sites for hydroxylation is 2. The highest BCUT2D eigenvalue weighted by Crippen LogP contribution is 2.25. The van der Waals surface area contributed by atoms with Crippen molar-refractivity contribution < 1.29 is 4.74 Å². The van der Waals surface area contributed by atoms with Gasteiger partial charge in [-0.15, -0.1) is 0 Å². The minimum absolute atomic E-state index is 0.0807. The maximum absolute atomic E-state index is 9.02. The van der Waals surface area contributed by atoms with Gasteiger partial charge in [-0.25, -0.2) is 0 Å². The standard InChI is InChI=1S/C19H14N4O/c1-13-3-6-18(9-14(13)2)24-17-7-4-16(5-8-17)23-19(12-22)15(10-20)11-21/h3-9,23H,1-2H3. The molecule has 2 rings (SSSR count). The van der Waals surface area contributed by atoms with E-state index in [0.717, 1.165) is 11.3 Å². The number of allylic oxidation sites excluding steroid dienone is 2. The summed E-state index contributed by atoms with van der Waals surface area (Å²) in [5.41, 5.74) is 2.59. The Morgan fingerprint density at radius 3 is 2.00 bits per heavy atom. The lowest BCUT2D eigenvalue weighted by Gasteiger charge is -2.09. The Kier molecular flexibility index (Phi) is 5.19. The predicted octanol–water partition coefficient (Wildman–Crippen LogP) is 4.33. The maximum atomic E-state index is 9.02. The molecule has 2 aromatic rings. The Balaban J connectivity index is 2.15. The molecule has 5 nitrogen and oxygen atoms in total. The summed E-state index contributed by atoms with van der Waals surface area (Å²) in [6.07, 6.45) is 0. The van der Waals surface area contributed by atoms with Crippen LogP contribution in [0.4, 0.5) is 5.69 Å². The molecule has 5 heteroatoms. The minimum Gasteiger partial charge on any atom is -0.457 e. The summed E-state index contributed by atoms with van der Waals surface area (Å²) in [5, 5.41) is 29.4. The van der Waals surface area contributed by atoms with Crippen molar-refractivity contribution in [1.82, 2.24) is 0 Å². The van der Waals surface area contributed by atoms with Crippen LogP contribution in [0.1, 0.15) is 11.1 Å². The highest BCUT2D eigenvalue weighted by molar-refractivity contribution is 5.59. The third-order valence-corrected chi connectivity index (χ3v) is 3.42. The molecule has 0 aliphatic heterocycles. The van der Waals surface area contributed by atoms with Crippen molar-refractivity contribution in [3.8, 4) is 29.7 Å². The average molecular weight is 314 g/mol. The fraction of sp³-hybridized carbons (Fsp3) is 0.105. The number of anilines is 1. The summed E-state index contributed by atoms with van der Waals surface area (Å²) in [4.78, 5) is 0. The smallest absolute Gasteiger partial charge is 0.163 e. The molecule has 0 aliphatic carbocycles. The number of hydrogen-bond donors (Lipinski definition) is 1. The lowest BCUT2D eigenvalue weighted by atomic mass is 10.1. The van der Waals surface area contributed by atoms with E-state index in [1.807, 2.05) is 38.1 Å². The number of ether oxygens (including phenoxy) is 1. The number of rotatable bonds is 4. The predicted molar refractivity (Wildman–Crippen MR) is 89.9 cm³/mol. The molecule has 0 atom stereocenters. The van der Waals surface area contributed by atoms with Gasteiger partial charge in [0.2, 0.25) is 0 Å². The molecule has 2 aromatic carbocycles. The van der Waals surface area contributed by atoms with Crippen LogP contribution in [0.5, 0.6) is 11.5 Å². The highest BCUT2D eigenvalue weighted by atomic mass is 16.5. The van der Waals surface area contributed by atoms with Crippen LogP contribution < -0.4 is 10.1 Å².